The van der Waals surface area contributed by atoms with Crippen LogP contribution >= 0.6 is 0 Å². The van der Waals surface area contributed by atoms with Crippen molar-refractivity contribution in [1.82, 2.24) is 20.3 Å². The Bertz CT molecular complexity index is 1630. The second kappa shape index (κ2) is 11.3. The lowest BCUT2D eigenvalue weighted by Crippen LogP contribution is -2.50. The third-order valence-electron chi connectivity index (χ3n) is 6.71. The number of alkyl halides is 1. The van der Waals surface area contributed by atoms with Crippen LogP contribution in [0.1, 0.15) is 32.3 Å². The predicted octanol–water partition coefficient (Wildman–Crippen LogP) is 5.45. The number of halogens is 1. The molecule has 2 atom stereocenters. The van der Waals surface area contributed by atoms with Crippen LogP contribution in [0, 0.1) is 6.92 Å². The van der Waals surface area contributed by atoms with Crippen molar-refractivity contribution in [3.05, 3.63) is 66.5 Å². The van der Waals surface area contributed by atoms with E-state index >= 15 is 0 Å². The minimum Gasteiger partial charge on any atom is -0.437 e. The van der Waals surface area contributed by atoms with Crippen LogP contribution in [0.5, 0.6) is 11.6 Å². The van der Waals surface area contributed by atoms with Crippen LogP contribution in [-0.4, -0.2) is 53.9 Å². The van der Waals surface area contributed by atoms with Crippen LogP contribution in [0.25, 0.3) is 22.0 Å². The summed E-state index contributed by atoms with van der Waals surface area (Å²) in [6.07, 6.45) is 4.15. The van der Waals surface area contributed by atoms with E-state index in [9.17, 15) is 12.8 Å². The highest BCUT2D eigenvalue weighted by molar-refractivity contribution is 7.92. The molecule has 210 valence electrons. The van der Waals surface area contributed by atoms with Crippen LogP contribution in [0.15, 0.2) is 60.9 Å². The van der Waals surface area contributed by atoms with Gasteiger partial charge in [0, 0.05) is 48.7 Å². The molecule has 3 N–H and O–H groups in total. The standard InChI is InChI=1S/C29H33FN6O3S/c1-4-14-40(37,38)36-25-15-19(2)26(22-9-6-5-8-21(22)25)39-27-23(10-7-12-32-27)24-11-13-33-28(35-24)34-20-16-29(3,30)18-31-17-20/h5-13,15,20,31,36H,4,14,16-18H2,1-3H3,(H,33,34,35)/t20-,29-/m0/s1. The first-order chi connectivity index (χ1) is 19.1. The highest BCUT2D eigenvalue weighted by atomic mass is 32.2. The molecule has 0 saturated carbocycles. The summed E-state index contributed by atoms with van der Waals surface area (Å²) < 4.78 is 48.7. The zero-order valence-electron chi connectivity index (χ0n) is 22.7. The van der Waals surface area contributed by atoms with Gasteiger partial charge >= 0.3 is 0 Å². The lowest BCUT2D eigenvalue weighted by Gasteiger charge is -2.33. The molecule has 11 heteroatoms. The normalized spacial score (nSPS) is 19.4. The van der Waals surface area contributed by atoms with Crippen molar-refractivity contribution in [2.75, 3.05) is 28.9 Å². The number of ether oxygens (including phenoxy) is 1. The fourth-order valence-electron chi connectivity index (χ4n) is 4.99. The Kier molecular flexibility index (Phi) is 7.86. The first kappa shape index (κ1) is 27.7. The van der Waals surface area contributed by atoms with Gasteiger partial charge in [0.15, 0.2) is 0 Å². The zero-order chi connectivity index (χ0) is 28.3. The second-order valence-electron chi connectivity index (χ2n) is 10.3. The van der Waals surface area contributed by atoms with Crippen molar-refractivity contribution >= 4 is 32.4 Å². The van der Waals surface area contributed by atoms with Gasteiger partial charge in [0.05, 0.1) is 22.7 Å². The van der Waals surface area contributed by atoms with Crippen molar-refractivity contribution < 1.29 is 17.5 Å². The van der Waals surface area contributed by atoms with Gasteiger partial charge in [-0.05, 0) is 50.1 Å². The average Bonchev–Trinajstić information content (AvgIpc) is 2.90. The molecule has 0 aliphatic carbocycles. The van der Waals surface area contributed by atoms with E-state index in [1.54, 1.807) is 37.5 Å². The van der Waals surface area contributed by atoms with E-state index in [2.05, 4.69) is 30.3 Å². The van der Waals surface area contributed by atoms with Gasteiger partial charge in [-0.1, -0.05) is 31.2 Å². The molecule has 0 unspecified atom stereocenters. The Labute approximate surface area is 233 Å². The molecule has 0 radical (unpaired) electrons. The molecule has 5 rings (SSSR count). The number of hydrogen-bond acceptors (Lipinski definition) is 8. The molecule has 1 fully saturated rings. The summed E-state index contributed by atoms with van der Waals surface area (Å²) in [5.41, 5.74) is 1.19. The maximum absolute atomic E-state index is 14.5. The number of sulfonamides is 1. The quantitative estimate of drug-likeness (QED) is 0.246. The molecule has 1 aliphatic rings. The van der Waals surface area contributed by atoms with Crippen LogP contribution in [0.4, 0.5) is 16.0 Å². The number of fused-ring (bicyclic) bond motifs is 1. The van der Waals surface area contributed by atoms with E-state index in [1.165, 1.54) is 0 Å². The highest BCUT2D eigenvalue weighted by Crippen LogP contribution is 2.40. The average molecular weight is 565 g/mol. The number of rotatable bonds is 9. The number of piperidine rings is 1. The fourth-order valence-corrected chi connectivity index (χ4v) is 6.13. The van der Waals surface area contributed by atoms with Crippen molar-refractivity contribution in [1.29, 1.82) is 0 Å². The maximum Gasteiger partial charge on any atom is 0.232 e. The van der Waals surface area contributed by atoms with Gasteiger partial charge in [-0.2, -0.15) is 0 Å². The molecule has 0 amide bonds. The molecule has 2 aromatic carbocycles. The summed E-state index contributed by atoms with van der Waals surface area (Å²) in [5.74, 6) is 1.34. The lowest BCUT2D eigenvalue weighted by atomic mass is 9.95. The third-order valence-corrected chi connectivity index (χ3v) is 8.19. The van der Waals surface area contributed by atoms with Crippen LogP contribution in [0.3, 0.4) is 0 Å². The Hall–Kier alpha value is -3.83. The summed E-state index contributed by atoms with van der Waals surface area (Å²) in [6.45, 7) is 6.22. The van der Waals surface area contributed by atoms with E-state index in [0.717, 1.165) is 16.3 Å². The van der Waals surface area contributed by atoms with Gasteiger partial charge in [-0.25, -0.2) is 27.8 Å². The van der Waals surface area contributed by atoms with Gasteiger partial charge in [-0.15, -0.1) is 0 Å². The van der Waals surface area contributed by atoms with Crippen LogP contribution in [0.2, 0.25) is 0 Å². The Morgan fingerprint density at radius 3 is 2.70 bits per heavy atom. The molecule has 3 heterocycles. The number of pyridine rings is 1. The smallest absolute Gasteiger partial charge is 0.232 e. The number of aromatic nitrogens is 3. The SMILES string of the molecule is CCCS(=O)(=O)Nc1cc(C)c(Oc2ncccc2-c2ccnc(N[C@@H]3CNC[C@@](C)(F)C3)n2)c2ccccc12. The van der Waals surface area contributed by atoms with E-state index in [4.69, 9.17) is 4.74 Å². The van der Waals surface area contributed by atoms with E-state index < -0.39 is 15.7 Å². The number of benzene rings is 2. The highest BCUT2D eigenvalue weighted by Gasteiger charge is 2.32. The molecular formula is C29H33FN6O3S. The second-order valence-corrected chi connectivity index (χ2v) is 12.2. The molecule has 4 aromatic rings. The molecular weight excluding hydrogens is 531 g/mol. The molecule has 1 aliphatic heterocycles. The van der Waals surface area contributed by atoms with Gasteiger partial charge in [0.1, 0.15) is 11.4 Å². The molecule has 2 aromatic heterocycles. The molecule has 9 nitrogen and oxygen atoms in total. The van der Waals surface area contributed by atoms with Gasteiger partial charge in [-0.3, -0.25) is 4.72 Å². The minimum absolute atomic E-state index is 0.0378. The summed E-state index contributed by atoms with van der Waals surface area (Å²) >= 11 is 0. The lowest BCUT2D eigenvalue weighted by molar-refractivity contribution is 0.137. The predicted molar refractivity (Wildman–Crippen MR) is 156 cm³/mol. The number of hydrogen-bond donors (Lipinski definition) is 3. The monoisotopic (exact) mass is 564 g/mol. The number of aryl methyl sites for hydroxylation is 1. The minimum atomic E-state index is -3.48. The summed E-state index contributed by atoms with van der Waals surface area (Å²) in [6, 6.07) is 14.5. The maximum atomic E-state index is 14.5. The first-order valence-electron chi connectivity index (χ1n) is 13.3. The molecule has 0 bridgehead atoms. The van der Waals surface area contributed by atoms with E-state index in [-0.39, 0.29) is 11.8 Å². The fraction of sp³-hybridized carbons (Fsp3) is 0.345. The van der Waals surface area contributed by atoms with Gasteiger partial charge in [0.25, 0.3) is 0 Å². The van der Waals surface area contributed by atoms with E-state index in [0.29, 0.717) is 60.5 Å². The summed E-state index contributed by atoms with van der Waals surface area (Å²) in [7, 11) is -3.48. The molecule has 40 heavy (non-hydrogen) atoms. The third kappa shape index (κ3) is 6.31. The van der Waals surface area contributed by atoms with Crippen molar-refractivity contribution in [3.8, 4) is 22.9 Å². The number of nitrogens with one attached hydrogen (secondary N) is 3. The Morgan fingerprint density at radius 1 is 1.12 bits per heavy atom. The zero-order valence-corrected chi connectivity index (χ0v) is 23.6. The van der Waals surface area contributed by atoms with Crippen molar-refractivity contribution in [3.63, 3.8) is 0 Å². The number of nitrogens with zero attached hydrogens (tertiary/aromatic N) is 3. The van der Waals surface area contributed by atoms with Crippen LogP contribution < -0.4 is 20.1 Å². The van der Waals surface area contributed by atoms with E-state index in [1.807, 2.05) is 44.2 Å². The van der Waals surface area contributed by atoms with Gasteiger partial charge < -0.3 is 15.4 Å². The Morgan fingerprint density at radius 2 is 1.93 bits per heavy atom. The first-order valence-corrected chi connectivity index (χ1v) is 14.9. The molecule has 0 spiro atoms. The topological polar surface area (TPSA) is 118 Å². The van der Waals surface area contributed by atoms with Gasteiger partial charge in [0.2, 0.25) is 21.9 Å². The summed E-state index contributed by atoms with van der Waals surface area (Å²) in [4.78, 5) is 13.5. The molecule has 1 saturated heterocycles. The Balaban J connectivity index is 1.47. The number of anilines is 2. The van der Waals surface area contributed by atoms with Crippen molar-refractivity contribution in [2.24, 2.45) is 0 Å². The van der Waals surface area contributed by atoms with Crippen LogP contribution in [-0.2, 0) is 10.0 Å². The largest absolute Gasteiger partial charge is 0.437 e. The van der Waals surface area contributed by atoms with Crippen molar-refractivity contribution in [2.45, 2.75) is 45.3 Å². The summed E-state index contributed by atoms with van der Waals surface area (Å²) in [5, 5.41) is 7.82.